The van der Waals surface area contributed by atoms with Crippen LogP contribution in [0.4, 0.5) is 11.4 Å². The maximum absolute atomic E-state index is 11.8. The Morgan fingerprint density at radius 2 is 1.83 bits per heavy atom. The standard InChI is InChI=1S/C25H24BrN3O/c26-19-9-8-16-4-3-5-17-14-22(25(19)24(16)17)28-12-10-18(11-13-28)29-21-7-2-1-6-20(21)27-23(29)15-30/h1-9,15,18,22-23,27H,10-14H2. The van der Waals surface area contributed by atoms with E-state index in [0.717, 1.165) is 50.0 Å². The number of hydrogen-bond donors (Lipinski definition) is 1. The van der Waals surface area contributed by atoms with Gasteiger partial charge in [-0.2, -0.15) is 0 Å². The highest BCUT2D eigenvalue weighted by Gasteiger charge is 2.38. The molecule has 2 heterocycles. The lowest BCUT2D eigenvalue weighted by Crippen LogP contribution is -2.50. The zero-order valence-electron chi connectivity index (χ0n) is 16.7. The number of hydrogen-bond acceptors (Lipinski definition) is 4. The van der Waals surface area contributed by atoms with Crippen molar-refractivity contribution in [2.45, 2.75) is 37.5 Å². The minimum absolute atomic E-state index is 0.252. The lowest BCUT2D eigenvalue weighted by atomic mass is 9.98. The fraction of sp³-hybridized carbons (Fsp3) is 0.320. The number of likely N-dealkylation sites (tertiary alicyclic amines) is 1. The SMILES string of the molecule is O=CC1Nc2ccccc2N1C1CCN(C2Cc3cccc4ccc(Br)c2c34)CC1. The minimum atomic E-state index is -0.252. The molecule has 0 radical (unpaired) electrons. The minimum Gasteiger partial charge on any atom is -0.358 e. The van der Waals surface area contributed by atoms with Gasteiger partial charge in [0.2, 0.25) is 0 Å². The molecular weight excluding hydrogens is 438 g/mol. The van der Waals surface area contributed by atoms with Crippen molar-refractivity contribution in [1.82, 2.24) is 4.90 Å². The molecule has 1 N–H and O–H groups in total. The number of nitrogens with zero attached hydrogens (tertiary/aromatic N) is 2. The van der Waals surface area contributed by atoms with Crippen LogP contribution >= 0.6 is 15.9 Å². The number of fused-ring (bicyclic) bond motifs is 1. The maximum atomic E-state index is 11.8. The summed E-state index contributed by atoms with van der Waals surface area (Å²) in [4.78, 5) is 16.7. The van der Waals surface area contributed by atoms with Gasteiger partial charge in [-0.1, -0.05) is 52.3 Å². The fourth-order valence-corrected chi connectivity index (χ4v) is 6.37. The third kappa shape index (κ3) is 2.72. The summed E-state index contributed by atoms with van der Waals surface area (Å²) in [7, 11) is 0. The van der Waals surface area contributed by atoms with E-state index in [1.54, 1.807) is 0 Å². The van der Waals surface area contributed by atoms with E-state index in [9.17, 15) is 4.79 Å². The van der Waals surface area contributed by atoms with E-state index in [0.29, 0.717) is 12.1 Å². The summed E-state index contributed by atoms with van der Waals surface area (Å²) in [6.45, 7) is 2.10. The number of halogens is 1. The molecule has 6 rings (SSSR count). The van der Waals surface area contributed by atoms with Crippen molar-refractivity contribution < 1.29 is 4.79 Å². The summed E-state index contributed by atoms with van der Waals surface area (Å²) in [5, 5.41) is 6.15. The molecule has 152 valence electrons. The molecule has 3 aromatic carbocycles. The molecule has 1 saturated heterocycles. The molecule has 1 fully saturated rings. The zero-order valence-corrected chi connectivity index (χ0v) is 18.3. The van der Waals surface area contributed by atoms with E-state index in [4.69, 9.17) is 0 Å². The Hall–Kier alpha value is -2.37. The molecule has 0 spiro atoms. The summed E-state index contributed by atoms with van der Waals surface area (Å²) >= 11 is 3.84. The molecule has 2 atom stereocenters. The van der Waals surface area contributed by atoms with E-state index < -0.39 is 0 Å². The average molecular weight is 462 g/mol. The van der Waals surface area contributed by atoms with Crippen molar-refractivity contribution in [3.8, 4) is 0 Å². The first-order chi connectivity index (χ1) is 14.7. The van der Waals surface area contributed by atoms with E-state index in [1.807, 2.05) is 6.07 Å². The molecule has 30 heavy (non-hydrogen) atoms. The van der Waals surface area contributed by atoms with Crippen molar-refractivity contribution in [2.75, 3.05) is 23.3 Å². The Labute approximate surface area is 185 Å². The Balaban J connectivity index is 1.25. The molecular formula is C25H24BrN3O. The normalized spacial score (nSPS) is 23.6. The Morgan fingerprint density at radius 3 is 2.67 bits per heavy atom. The average Bonchev–Trinajstić information content (AvgIpc) is 3.36. The molecule has 1 aliphatic carbocycles. The van der Waals surface area contributed by atoms with Gasteiger partial charge in [0.05, 0.1) is 11.4 Å². The zero-order chi connectivity index (χ0) is 20.2. The number of nitrogens with one attached hydrogen (secondary N) is 1. The van der Waals surface area contributed by atoms with Crippen LogP contribution in [0.15, 0.2) is 59.1 Å². The topological polar surface area (TPSA) is 35.6 Å². The molecule has 0 amide bonds. The van der Waals surface area contributed by atoms with Gasteiger partial charge in [-0.3, -0.25) is 9.69 Å². The molecule has 0 bridgehead atoms. The summed E-state index contributed by atoms with van der Waals surface area (Å²) < 4.78 is 1.23. The Bertz CT molecular complexity index is 1140. The highest BCUT2D eigenvalue weighted by molar-refractivity contribution is 9.10. The van der Waals surface area contributed by atoms with Crippen LogP contribution in [0.1, 0.15) is 30.0 Å². The van der Waals surface area contributed by atoms with Crippen LogP contribution in [-0.4, -0.2) is 36.5 Å². The number of rotatable bonds is 3. The highest BCUT2D eigenvalue weighted by Crippen LogP contribution is 2.45. The number of anilines is 2. The van der Waals surface area contributed by atoms with E-state index >= 15 is 0 Å². The predicted molar refractivity (Wildman–Crippen MR) is 125 cm³/mol. The van der Waals surface area contributed by atoms with Gasteiger partial charge in [-0.15, -0.1) is 0 Å². The van der Waals surface area contributed by atoms with E-state index in [-0.39, 0.29) is 6.17 Å². The van der Waals surface area contributed by atoms with Gasteiger partial charge in [0.1, 0.15) is 0 Å². The van der Waals surface area contributed by atoms with Crippen LogP contribution in [0.25, 0.3) is 10.8 Å². The van der Waals surface area contributed by atoms with Crippen molar-refractivity contribution in [3.05, 3.63) is 70.2 Å². The molecule has 4 nitrogen and oxygen atoms in total. The molecule has 3 aliphatic rings. The molecule has 2 aliphatic heterocycles. The summed E-state index contributed by atoms with van der Waals surface area (Å²) in [5.41, 5.74) is 5.16. The first kappa shape index (κ1) is 18.4. The van der Waals surface area contributed by atoms with E-state index in [2.05, 4.69) is 79.6 Å². The monoisotopic (exact) mass is 461 g/mol. The van der Waals surface area contributed by atoms with Gasteiger partial charge < -0.3 is 10.2 Å². The molecule has 0 aromatic heterocycles. The van der Waals surface area contributed by atoms with Gasteiger partial charge in [0.25, 0.3) is 0 Å². The van der Waals surface area contributed by atoms with Gasteiger partial charge in [0, 0.05) is 29.6 Å². The lowest BCUT2D eigenvalue weighted by Gasteiger charge is -2.41. The van der Waals surface area contributed by atoms with Crippen LogP contribution in [-0.2, 0) is 11.2 Å². The highest BCUT2D eigenvalue weighted by atomic mass is 79.9. The largest absolute Gasteiger partial charge is 0.358 e. The van der Waals surface area contributed by atoms with Crippen LogP contribution in [0.2, 0.25) is 0 Å². The summed E-state index contributed by atoms with van der Waals surface area (Å²) in [5.74, 6) is 0. The quantitative estimate of drug-likeness (QED) is 0.548. The third-order valence-electron chi connectivity index (χ3n) is 7.11. The van der Waals surface area contributed by atoms with Gasteiger partial charge in [-0.05, 0) is 59.4 Å². The Kier molecular flexibility index (Phi) is 4.36. The first-order valence-electron chi connectivity index (χ1n) is 10.8. The summed E-state index contributed by atoms with van der Waals surface area (Å²) in [6, 6.07) is 20.2. The molecule has 5 heteroatoms. The van der Waals surface area contributed by atoms with Gasteiger partial charge >= 0.3 is 0 Å². The van der Waals surface area contributed by atoms with Crippen LogP contribution in [0.3, 0.4) is 0 Å². The number of carbonyl (C=O) groups excluding carboxylic acids is 1. The third-order valence-corrected chi connectivity index (χ3v) is 7.80. The molecule has 2 unspecified atom stereocenters. The van der Waals surface area contributed by atoms with E-state index in [1.165, 1.54) is 26.4 Å². The summed E-state index contributed by atoms with van der Waals surface area (Å²) in [6.07, 6.45) is 4.02. The number of para-hydroxylation sites is 2. The van der Waals surface area contributed by atoms with Crippen LogP contribution < -0.4 is 10.2 Å². The second kappa shape index (κ2) is 7.10. The van der Waals surface area contributed by atoms with Crippen molar-refractivity contribution in [3.63, 3.8) is 0 Å². The second-order valence-electron chi connectivity index (χ2n) is 8.61. The van der Waals surface area contributed by atoms with Crippen LogP contribution in [0.5, 0.6) is 0 Å². The molecule has 0 saturated carbocycles. The van der Waals surface area contributed by atoms with Crippen LogP contribution in [0, 0.1) is 0 Å². The first-order valence-corrected chi connectivity index (χ1v) is 11.6. The predicted octanol–water partition coefficient (Wildman–Crippen LogP) is 5.12. The molecule has 3 aromatic rings. The second-order valence-corrected chi connectivity index (χ2v) is 9.47. The van der Waals surface area contributed by atoms with Gasteiger partial charge in [-0.25, -0.2) is 0 Å². The number of benzene rings is 3. The maximum Gasteiger partial charge on any atom is 0.162 e. The van der Waals surface area contributed by atoms with Crippen molar-refractivity contribution in [1.29, 1.82) is 0 Å². The van der Waals surface area contributed by atoms with Gasteiger partial charge in [0.15, 0.2) is 12.5 Å². The number of aldehydes is 1. The Morgan fingerprint density at radius 1 is 1.00 bits per heavy atom. The lowest BCUT2D eigenvalue weighted by molar-refractivity contribution is -0.108. The number of piperidine rings is 1. The van der Waals surface area contributed by atoms with Crippen molar-refractivity contribution in [2.24, 2.45) is 0 Å². The fourth-order valence-electron chi connectivity index (χ4n) is 5.78. The van der Waals surface area contributed by atoms with Crippen molar-refractivity contribution >= 4 is 44.4 Å². The smallest absolute Gasteiger partial charge is 0.162 e. The number of carbonyl (C=O) groups is 1.